The number of ether oxygens (including phenoxy) is 1. The highest BCUT2D eigenvalue weighted by Gasteiger charge is 2.11. The summed E-state index contributed by atoms with van der Waals surface area (Å²) >= 11 is 7.10. The summed E-state index contributed by atoms with van der Waals surface area (Å²) in [5, 5.41) is 3.26. The largest absolute Gasteiger partial charge is 0.433 e. The van der Waals surface area contributed by atoms with Crippen LogP contribution in [0.25, 0.3) is 11.0 Å². The van der Waals surface area contributed by atoms with Gasteiger partial charge in [-0.25, -0.2) is 4.98 Å². The Morgan fingerprint density at radius 1 is 1.32 bits per heavy atom. The topological polar surface area (TPSA) is 67.0 Å². The average molecular weight is 384 g/mol. The zero-order valence-corrected chi connectivity index (χ0v) is 14.2. The second-order valence-electron chi connectivity index (χ2n) is 4.92. The number of hydrogen-bond acceptors (Lipinski definition) is 4. The molecule has 0 fully saturated rings. The van der Waals surface area contributed by atoms with Crippen LogP contribution in [0.15, 0.2) is 47.6 Å². The van der Waals surface area contributed by atoms with Crippen LogP contribution in [0.4, 0.5) is 14.5 Å². The van der Waals surface area contributed by atoms with Crippen molar-refractivity contribution in [1.82, 2.24) is 9.97 Å². The molecule has 130 valence electrons. The van der Waals surface area contributed by atoms with E-state index in [0.29, 0.717) is 10.8 Å². The highest BCUT2D eigenvalue weighted by atomic mass is 35.5. The number of nitrogens with one attached hydrogen (secondary N) is 2. The Morgan fingerprint density at radius 2 is 2.12 bits per heavy atom. The van der Waals surface area contributed by atoms with E-state index in [1.54, 1.807) is 0 Å². The zero-order valence-electron chi connectivity index (χ0n) is 12.6. The number of aromatic amines is 1. The van der Waals surface area contributed by atoms with Gasteiger partial charge in [-0.05, 0) is 30.3 Å². The molecule has 2 N–H and O–H groups in total. The molecular weight excluding hydrogens is 372 g/mol. The fourth-order valence-electron chi connectivity index (χ4n) is 2.10. The van der Waals surface area contributed by atoms with Crippen LogP contribution >= 0.6 is 23.4 Å². The summed E-state index contributed by atoms with van der Waals surface area (Å²) in [5.74, 6) is -0.289. The third-order valence-corrected chi connectivity index (χ3v) is 4.31. The summed E-state index contributed by atoms with van der Waals surface area (Å²) < 4.78 is 28.6. The van der Waals surface area contributed by atoms with Crippen molar-refractivity contribution in [2.24, 2.45) is 0 Å². The number of benzene rings is 2. The van der Waals surface area contributed by atoms with Gasteiger partial charge in [0.2, 0.25) is 5.91 Å². The van der Waals surface area contributed by atoms with Crippen LogP contribution in [-0.4, -0.2) is 28.2 Å². The van der Waals surface area contributed by atoms with E-state index in [0.717, 1.165) is 11.0 Å². The molecule has 0 aliphatic heterocycles. The molecule has 3 rings (SSSR count). The molecule has 25 heavy (non-hydrogen) atoms. The molecule has 5 nitrogen and oxygen atoms in total. The summed E-state index contributed by atoms with van der Waals surface area (Å²) in [6.45, 7) is -2.96. The Kier molecular flexibility index (Phi) is 5.40. The van der Waals surface area contributed by atoms with E-state index in [2.05, 4.69) is 20.0 Å². The Bertz CT molecular complexity index is 871. The number of para-hydroxylation sites is 2. The third-order valence-electron chi connectivity index (χ3n) is 3.14. The molecule has 0 radical (unpaired) electrons. The standard InChI is InChI=1S/C16H12ClF2N3O2S/c17-10-7-9(5-6-13(10)24-15(18)19)20-14(23)8-25-16-21-11-3-1-2-4-12(11)22-16/h1-7,15H,8H2,(H,20,23)(H,21,22). The molecule has 0 aliphatic carbocycles. The fraction of sp³-hybridized carbons (Fsp3) is 0.125. The minimum absolute atomic E-state index is 0.0111. The monoisotopic (exact) mass is 383 g/mol. The predicted octanol–water partition coefficient (Wildman–Crippen LogP) is 4.55. The summed E-state index contributed by atoms with van der Waals surface area (Å²) in [7, 11) is 0. The number of nitrogens with zero attached hydrogens (tertiary/aromatic N) is 1. The molecule has 1 aromatic heterocycles. The fourth-order valence-corrected chi connectivity index (χ4v) is 3.01. The van der Waals surface area contributed by atoms with Crippen molar-refractivity contribution < 1.29 is 18.3 Å². The first-order chi connectivity index (χ1) is 12.0. The highest BCUT2D eigenvalue weighted by Crippen LogP contribution is 2.29. The van der Waals surface area contributed by atoms with Gasteiger partial charge in [0.25, 0.3) is 0 Å². The van der Waals surface area contributed by atoms with Gasteiger partial charge in [0.15, 0.2) is 5.16 Å². The van der Waals surface area contributed by atoms with Crippen LogP contribution in [-0.2, 0) is 4.79 Å². The second kappa shape index (κ2) is 7.71. The Hall–Kier alpha value is -2.32. The number of amides is 1. The van der Waals surface area contributed by atoms with Gasteiger partial charge in [-0.2, -0.15) is 8.78 Å². The van der Waals surface area contributed by atoms with Crippen molar-refractivity contribution >= 4 is 46.0 Å². The second-order valence-corrected chi connectivity index (χ2v) is 6.29. The molecule has 0 saturated carbocycles. The molecule has 2 aromatic carbocycles. The van der Waals surface area contributed by atoms with Gasteiger partial charge >= 0.3 is 6.61 Å². The number of thioether (sulfide) groups is 1. The van der Waals surface area contributed by atoms with Crippen LogP contribution in [0.3, 0.4) is 0 Å². The maximum Gasteiger partial charge on any atom is 0.387 e. The number of hydrogen-bond donors (Lipinski definition) is 2. The number of alkyl halides is 2. The van der Waals surface area contributed by atoms with E-state index < -0.39 is 6.61 Å². The average Bonchev–Trinajstić information content (AvgIpc) is 2.98. The lowest BCUT2D eigenvalue weighted by molar-refractivity contribution is -0.113. The number of H-pyrrole nitrogens is 1. The van der Waals surface area contributed by atoms with Crippen molar-refractivity contribution in [3.8, 4) is 5.75 Å². The van der Waals surface area contributed by atoms with Gasteiger partial charge in [-0.15, -0.1) is 0 Å². The zero-order chi connectivity index (χ0) is 17.8. The number of fused-ring (bicyclic) bond motifs is 1. The molecule has 1 amide bonds. The number of carbonyl (C=O) groups is 1. The summed E-state index contributed by atoms with van der Waals surface area (Å²) in [6.07, 6.45) is 0. The minimum Gasteiger partial charge on any atom is -0.433 e. The van der Waals surface area contributed by atoms with Gasteiger partial charge in [-0.3, -0.25) is 4.79 Å². The summed E-state index contributed by atoms with van der Waals surface area (Å²) in [6, 6.07) is 11.6. The normalized spacial score (nSPS) is 11.0. The van der Waals surface area contributed by atoms with Gasteiger partial charge in [0.05, 0.1) is 21.8 Å². The molecule has 0 bridgehead atoms. The van der Waals surface area contributed by atoms with Crippen LogP contribution in [0.5, 0.6) is 5.75 Å². The molecule has 0 saturated heterocycles. The van der Waals surface area contributed by atoms with Crippen LogP contribution in [0, 0.1) is 0 Å². The number of anilines is 1. The van der Waals surface area contributed by atoms with E-state index in [1.807, 2.05) is 24.3 Å². The lowest BCUT2D eigenvalue weighted by Crippen LogP contribution is -2.14. The minimum atomic E-state index is -2.96. The Labute approximate surface area is 150 Å². The van der Waals surface area contributed by atoms with E-state index in [1.165, 1.54) is 30.0 Å². The first kappa shape index (κ1) is 17.5. The van der Waals surface area contributed by atoms with Gasteiger partial charge in [0.1, 0.15) is 5.75 Å². The first-order valence-electron chi connectivity index (χ1n) is 7.13. The highest BCUT2D eigenvalue weighted by molar-refractivity contribution is 7.99. The van der Waals surface area contributed by atoms with E-state index in [-0.39, 0.29) is 22.4 Å². The maximum atomic E-state index is 12.2. The summed E-state index contributed by atoms with van der Waals surface area (Å²) in [5.41, 5.74) is 2.11. The van der Waals surface area contributed by atoms with Gasteiger partial charge in [-0.1, -0.05) is 35.5 Å². The number of imidazole rings is 1. The van der Waals surface area contributed by atoms with E-state index in [4.69, 9.17) is 11.6 Å². The molecule has 0 atom stereocenters. The van der Waals surface area contributed by atoms with E-state index >= 15 is 0 Å². The molecule has 3 aromatic rings. The van der Waals surface area contributed by atoms with Crippen molar-refractivity contribution in [2.75, 3.05) is 11.1 Å². The molecule has 0 spiro atoms. The third kappa shape index (κ3) is 4.61. The van der Waals surface area contributed by atoms with Crippen molar-refractivity contribution in [3.63, 3.8) is 0 Å². The quantitative estimate of drug-likeness (QED) is 0.613. The number of halogens is 3. The van der Waals surface area contributed by atoms with Gasteiger partial charge in [0, 0.05) is 5.69 Å². The number of aromatic nitrogens is 2. The molecule has 0 aliphatic rings. The molecule has 1 heterocycles. The lowest BCUT2D eigenvalue weighted by atomic mass is 10.3. The van der Waals surface area contributed by atoms with Crippen LogP contribution in [0.2, 0.25) is 5.02 Å². The van der Waals surface area contributed by atoms with Crippen molar-refractivity contribution in [2.45, 2.75) is 11.8 Å². The smallest absolute Gasteiger partial charge is 0.387 e. The van der Waals surface area contributed by atoms with Crippen LogP contribution in [0.1, 0.15) is 0 Å². The van der Waals surface area contributed by atoms with Crippen molar-refractivity contribution in [1.29, 1.82) is 0 Å². The number of rotatable bonds is 6. The SMILES string of the molecule is O=C(CSc1nc2ccccc2[nH]1)Nc1ccc(OC(F)F)c(Cl)c1. The molecule has 9 heteroatoms. The Morgan fingerprint density at radius 3 is 2.84 bits per heavy atom. The number of carbonyl (C=O) groups excluding carboxylic acids is 1. The summed E-state index contributed by atoms with van der Waals surface area (Å²) in [4.78, 5) is 19.5. The Balaban J connectivity index is 1.57. The van der Waals surface area contributed by atoms with Gasteiger partial charge < -0.3 is 15.0 Å². The predicted molar refractivity (Wildman–Crippen MR) is 93.5 cm³/mol. The first-order valence-corrected chi connectivity index (χ1v) is 8.49. The maximum absolute atomic E-state index is 12.2. The van der Waals surface area contributed by atoms with Crippen molar-refractivity contribution in [3.05, 3.63) is 47.5 Å². The molecular formula is C16H12ClF2N3O2S. The lowest BCUT2D eigenvalue weighted by Gasteiger charge is -2.09. The molecule has 0 unspecified atom stereocenters. The van der Waals surface area contributed by atoms with E-state index in [9.17, 15) is 13.6 Å². The van der Waals surface area contributed by atoms with Crippen LogP contribution < -0.4 is 10.1 Å².